The molecular weight excluding hydrogens is 206 g/mol. The Hall–Kier alpha value is -0.610. The highest BCUT2D eigenvalue weighted by Crippen LogP contribution is 2.04. The van der Waals surface area contributed by atoms with Crippen molar-refractivity contribution in [1.82, 2.24) is 4.90 Å². The first kappa shape index (κ1) is 15.4. The molecule has 0 rings (SSSR count). The Morgan fingerprint density at radius 3 is 2.62 bits per heavy atom. The lowest BCUT2D eigenvalue weighted by Gasteiger charge is -2.22. The van der Waals surface area contributed by atoms with Gasteiger partial charge in [0.1, 0.15) is 0 Å². The Balaban J connectivity index is 3.36. The average molecular weight is 231 g/mol. The molecule has 0 aliphatic carbocycles. The van der Waals surface area contributed by atoms with Crippen molar-refractivity contribution in [2.45, 2.75) is 45.6 Å². The van der Waals surface area contributed by atoms with Crippen molar-refractivity contribution < 1.29 is 14.6 Å². The molecule has 0 bridgehead atoms. The largest absolute Gasteiger partial charge is 0.466 e. The fourth-order valence-corrected chi connectivity index (χ4v) is 1.40. The quantitative estimate of drug-likeness (QED) is 0.481. The van der Waals surface area contributed by atoms with E-state index in [1.807, 2.05) is 20.9 Å². The van der Waals surface area contributed by atoms with Crippen LogP contribution in [-0.4, -0.2) is 48.8 Å². The van der Waals surface area contributed by atoms with Gasteiger partial charge in [-0.15, -0.1) is 0 Å². The van der Waals surface area contributed by atoms with E-state index in [0.29, 0.717) is 13.0 Å². The van der Waals surface area contributed by atoms with Gasteiger partial charge in [-0.25, -0.2) is 0 Å². The Kier molecular flexibility index (Phi) is 9.24. The van der Waals surface area contributed by atoms with Crippen LogP contribution in [0, 0.1) is 0 Å². The molecule has 0 aromatic rings. The lowest BCUT2D eigenvalue weighted by molar-refractivity contribution is -0.143. The van der Waals surface area contributed by atoms with Gasteiger partial charge in [0.2, 0.25) is 0 Å². The van der Waals surface area contributed by atoms with Gasteiger partial charge in [-0.2, -0.15) is 0 Å². The topological polar surface area (TPSA) is 49.8 Å². The summed E-state index contributed by atoms with van der Waals surface area (Å²) in [6.07, 6.45) is 3.49. The van der Waals surface area contributed by atoms with Crippen LogP contribution in [0.4, 0.5) is 0 Å². The highest BCUT2D eigenvalue weighted by Gasteiger charge is 2.07. The van der Waals surface area contributed by atoms with Crippen molar-refractivity contribution in [3.05, 3.63) is 0 Å². The first-order valence-corrected chi connectivity index (χ1v) is 6.08. The second-order valence-electron chi connectivity index (χ2n) is 4.13. The van der Waals surface area contributed by atoms with Crippen LogP contribution in [-0.2, 0) is 9.53 Å². The van der Waals surface area contributed by atoms with Crippen molar-refractivity contribution >= 4 is 5.97 Å². The highest BCUT2D eigenvalue weighted by atomic mass is 16.5. The number of unbranched alkanes of at least 4 members (excludes halogenated alkanes) is 2. The second kappa shape index (κ2) is 9.60. The zero-order valence-corrected chi connectivity index (χ0v) is 10.7. The molecule has 4 heteroatoms. The third kappa shape index (κ3) is 7.65. The molecule has 16 heavy (non-hydrogen) atoms. The minimum Gasteiger partial charge on any atom is -0.466 e. The van der Waals surface area contributed by atoms with Gasteiger partial charge >= 0.3 is 5.97 Å². The minimum absolute atomic E-state index is 0.0976. The molecule has 0 aromatic heterocycles. The molecule has 0 spiro atoms. The minimum atomic E-state index is -0.0976. The van der Waals surface area contributed by atoms with E-state index in [4.69, 9.17) is 9.84 Å². The molecule has 0 aliphatic rings. The second-order valence-corrected chi connectivity index (χ2v) is 4.13. The van der Waals surface area contributed by atoms with E-state index in [2.05, 4.69) is 4.90 Å². The van der Waals surface area contributed by atoms with E-state index in [1.165, 1.54) is 0 Å². The number of aliphatic hydroxyl groups is 1. The number of carbonyl (C=O) groups excluding carboxylic acids is 1. The maximum atomic E-state index is 11.0. The molecule has 1 N–H and O–H groups in total. The maximum absolute atomic E-state index is 11.0. The molecule has 0 saturated heterocycles. The number of hydrogen-bond donors (Lipinski definition) is 1. The Morgan fingerprint density at radius 1 is 1.38 bits per heavy atom. The van der Waals surface area contributed by atoms with Crippen molar-refractivity contribution in [2.24, 2.45) is 0 Å². The fourth-order valence-electron chi connectivity index (χ4n) is 1.40. The average Bonchev–Trinajstić information content (AvgIpc) is 2.27. The van der Waals surface area contributed by atoms with E-state index >= 15 is 0 Å². The van der Waals surface area contributed by atoms with Gasteiger partial charge in [-0.05, 0) is 40.3 Å². The lowest BCUT2D eigenvalue weighted by Crippen LogP contribution is -2.32. The van der Waals surface area contributed by atoms with Gasteiger partial charge in [0.25, 0.3) is 0 Å². The summed E-state index contributed by atoms with van der Waals surface area (Å²) in [6, 6.07) is 0.213. The standard InChI is InChI=1S/C12H25NO3/c1-4-16-12(15)8-6-5-7-9-13(3)11(2)10-14/h11,14H,4-10H2,1-3H3. The van der Waals surface area contributed by atoms with Crippen LogP contribution in [0.2, 0.25) is 0 Å². The molecule has 0 heterocycles. The molecule has 0 aliphatic heterocycles. The molecule has 4 nitrogen and oxygen atoms in total. The predicted molar refractivity (Wildman–Crippen MR) is 64.3 cm³/mol. The van der Waals surface area contributed by atoms with Gasteiger partial charge in [0.05, 0.1) is 13.2 Å². The van der Waals surface area contributed by atoms with Gasteiger partial charge in [0, 0.05) is 12.5 Å². The normalized spacial score (nSPS) is 12.8. The number of rotatable bonds is 9. The van der Waals surface area contributed by atoms with Crippen LogP contribution in [0.15, 0.2) is 0 Å². The molecular formula is C12H25NO3. The molecule has 0 amide bonds. The van der Waals surface area contributed by atoms with Crippen LogP contribution in [0.25, 0.3) is 0 Å². The van der Waals surface area contributed by atoms with Gasteiger partial charge in [-0.3, -0.25) is 4.79 Å². The van der Waals surface area contributed by atoms with Crippen LogP contribution < -0.4 is 0 Å². The monoisotopic (exact) mass is 231 g/mol. The number of aliphatic hydroxyl groups excluding tert-OH is 1. The summed E-state index contributed by atoms with van der Waals surface area (Å²) in [5.41, 5.74) is 0. The van der Waals surface area contributed by atoms with Gasteiger partial charge in [0.15, 0.2) is 0 Å². The van der Waals surface area contributed by atoms with Gasteiger partial charge < -0.3 is 14.7 Å². The zero-order valence-electron chi connectivity index (χ0n) is 10.7. The lowest BCUT2D eigenvalue weighted by atomic mass is 10.2. The summed E-state index contributed by atoms with van der Waals surface area (Å²) in [6.45, 7) is 5.45. The van der Waals surface area contributed by atoms with Crippen molar-refractivity contribution in [1.29, 1.82) is 0 Å². The molecule has 96 valence electrons. The van der Waals surface area contributed by atoms with E-state index in [9.17, 15) is 4.79 Å². The summed E-state index contributed by atoms with van der Waals surface area (Å²) in [5.74, 6) is -0.0976. The number of esters is 1. The molecule has 1 atom stereocenters. The zero-order chi connectivity index (χ0) is 12.4. The van der Waals surface area contributed by atoms with Crippen LogP contribution >= 0.6 is 0 Å². The molecule has 0 saturated carbocycles. The Labute approximate surface area is 98.6 Å². The number of hydrogen-bond acceptors (Lipinski definition) is 4. The Bertz CT molecular complexity index is 185. The summed E-state index contributed by atoms with van der Waals surface area (Å²) < 4.78 is 4.84. The first-order valence-electron chi connectivity index (χ1n) is 6.08. The van der Waals surface area contributed by atoms with Crippen LogP contribution in [0.3, 0.4) is 0 Å². The van der Waals surface area contributed by atoms with Crippen molar-refractivity contribution in [3.63, 3.8) is 0 Å². The number of carbonyl (C=O) groups is 1. The van der Waals surface area contributed by atoms with Crippen LogP contribution in [0.5, 0.6) is 0 Å². The summed E-state index contributed by atoms with van der Waals surface area (Å²) >= 11 is 0. The third-order valence-corrected chi connectivity index (χ3v) is 2.71. The number of nitrogens with zero attached hydrogens (tertiary/aromatic N) is 1. The maximum Gasteiger partial charge on any atom is 0.305 e. The smallest absolute Gasteiger partial charge is 0.305 e. The molecule has 0 radical (unpaired) electrons. The van der Waals surface area contributed by atoms with Crippen molar-refractivity contribution in [2.75, 3.05) is 26.8 Å². The highest BCUT2D eigenvalue weighted by molar-refractivity contribution is 5.69. The fraction of sp³-hybridized carbons (Fsp3) is 0.917. The molecule has 0 aromatic carbocycles. The van der Waals surface area contributed by atoms with Gasteiger partial charge in [-0.1, -0.05) is 6.42 Å². The van der Waals surface area contributed by atoms with E-state index in [1.54, 1.807) is 0 Å². The van der Waals surface area contributed by atoms with Crippen LogP contribution in [0.1, 0.15) is 39.5 Å². The first-order chi connectivity index (χ1) is 7.61. The summed E-state index contributed by atoms with van der Waals surface area (Å²) in [7, 11) is 2.01. The Morgan fingerprint density at radius 2 is 2.06 bits per heavy atom. The SMILES string of the molecule is CCOC(=O)CCCCCN(C)C(C)CO. The summed E-state index contributed by atoms with van der Waals surface area (Å²) in [4.78, 5) is 13.2. The predicted octanol–water partition coefficient (Wildman–Crippen LogP) is 1.42. The summed E-state index contributed by atoms with van der Waals surface area (Å²) in [5, 5.41) is 8.94. The third-order valence-electron chi connectivity index (χ3n) is 2.71. The molecule has 0 fully saturated rings. The van der Waals surface area contributed by atoms with Crippen molar-refractivity contribution in [3.8, 4) is 0 Å². The number of ether oxygens (including phenoxy) is 1. The molecule has 1 unspecified atom stereocenters. The van der Waals surface area contributed by atoms with E-state index in [-0.39, 0.29) is 18.6 Å². The van der Waals surface area contributed by atoms with E-state index in [0.717, 1.165) is 25.8 Å². The number of likely N-dealkylation sites (N-methyl/N-ethyl adjacent to an activating group) is 1. The van der Waals surface area contributed by atoms with E-state index < -0.39 is 0 Å².